The minimum absolute atomic E-state index is 0.00103. The molecule has 1 aliphatic heterocycles. The number of nitrogens with zero attached hydrogens (tertiary/aromatic N) is 2. The summed E-state index contributed by atoms with van der Waals surface area (Å²) in [6.45, 7) is -0.821. The number of benzene rings is 1. The van der Waals surface area contributed by atoms with E-state index in [-0.39, 0.29) is 13.1 Å². The van der Waals surface area contributed by atoms with Gasteiger partial charge in [-0.05, 0) is 24.3 Å². The maximum Gasteiger partial charge on any atom is 0.460 e. The number of alkyl halides is 7. The highest BCUT2D eigenvalue weighted by atomic mass is 35.5. The lowest BCUT2D eigenvalue weighted by Crippen LogP contribution is -2.62. The van der Waals surface area contributed by atoms with Gasteiger partial charge in [-0.2, -0.15) is 30.7 Å². The van der Waals surface area contributed by atoms with E-state index < -0.39 is 37.0 Å². The van der Waals surface area contributed by atoms with E-state index in [1.54, 1.807) is 29.2 Å². The summed E-state index contributed by atoms with van der Waals surface area (Å²) in [7, 11) is 0. The van der Waals surface area contributed by atoms with Gasteiger partial charge in [0.25, 0.3) is 5.91 Å². The molecule has 25 heavy (non-hydrogen) atoms. The quantitative estimate of drug-likeness (QED) is 0.730. The van der Waals surface area contributed by atoms with Crippen LogP contribution in [-0.4, -0.2) is 55.0 Å². The molecular formula is C14H12ClF7N2O. The average molecular weight is 393 g/mol. The molecular weight excluding hydrogens is 381 g/mol. The van der Waals surface area contributed by atoms with Crippen LogP contribution < -0.4 is 4.90 Å². The molecule has 0 unspecified atom stereocenters. The van der Waals surface area contributed by atoms with Crippen LogP contribution in [0.25, 0.3) is 0 Å². The molecule has 0 saturated carbocycles. The number of halogens is 8. The van der Waals surface area contributed by atoms with Crippen LogP contribution in [0.5, 0.6) is 0 Å². The Labute approximate surface area is 142 Å². The van der Waals surface area contributed by atoms with E-state index in [2.05, 4.69) is 0 Å². The number of carbonyl (C=O) groups is 1. The van der Waals surface area contributed by atoms with Gasteiger partial charge in [-0.25, -0.2) is 0 Å². The zero-order valence-corrected chi connectivity index (χ0v) is 13.2. The van der Waals surface area contributed by atoms with Gasteiger partial charge in [0.15, 0.2) is 0 Å². The third-order valence-corrected chi connectivity index (χ3v) is 4.03. The Morgan fingerprint density at radius 1 is 0.880 bits per heavy atom. The van der Waals surface area contributed by atoms with Crippen molar-refractivity contribution in [1.29, 1.82) is 0 Å². The zero-order valence-electron chi connectivity index (χ0n) is 12.5. The number of hydrogen-bond acceptors (Lipinski definition) is 2. The van der Waals surface area contributed by atoms with Gasteiger partial charge in [-0.3, -0.25) is 4.79 Å². The second kappa shape index (κ2) is 6.54. The second-order valence-electron chi connectivity index (χ2n) is 5.40. The summed E-state index contributed by atoms with van der Waals surface area (Å²) in [6, 6.07) is 6.41. The molecule has 3 nitrogen and oxygen atoms in total. The first-order valence-electron chi connectivity index (χ1n) is 7.00. The number of anilines is 1. The van der Waals surface area contributed by atoms with E-state index in [4.69, 9.17) is 11.6 Å². The van der Waals surface area contributed by atoms with Gasteiger partial charge >= 0.3 is 18.0 Å². The Balaban J connectivity index is 2.07. The minimum atomic E-state index is -6.53. The summed E-state index contributed by atoms with van der Waals surface area (Å²) < 4.78 is 89.3. The monoisotopic (exact) mass is 392 g/mol. The largest absolute Gasteiger partial charge is 0.460 e. The molecule has 1 aromatic carbocycles. The van der Waals surface area contributed by atoms with E-state index in [9.17, 15) is 35.5 Å². The van der Waals surface area contributed by atoms with Crippen LogP contribution in [0.1, 0.15) is 0 Å². The van der Waals surface area contributed by atoms with E-state index in [1.807, 2.05) is 0 Å². The average Bonchev–Trinajstić information content (AvgIpc) is 2.54. The van der Waals surface area contributed by atoms with Crippen LogP contribution in [-0.2, 0) is 4.79 Å². The molecule has 0 aliphatic carbocycles. The Morgan fingerprint density at radius 3 is 1.80 bits per heavy atom. The molecule has 2 rings (SSSR count). The SMILES string of the molecule is O=C(N1CCN(c2ccc(Cl)cc2)CC1)C(F)(F)C(F)(F)C(F)(F)F. The van der Waals surface area contributed by atoms with Gasteiger partial charge in [0, 0.05) is 36.9 Å². The number of piperazine rings is 1. The van der Waals surface area contributed by atoms with Gasteiger partial charge in [0.05, 0.1) is 0 Å². The van der Waals surface area contributed by atoms with E-state index >= 15 is 0 Å². The first-order valence-corrected chi connectivity index (χ1v) is 7.38. The van der Waals surface area contributed by atoms with Gasteiger partial charge in [-0.1, -0.05) is 11.6 Å². The van der Waals surface area contributed by atoms with Crippen LogP contribution in [0.3, 0.4) is 0 Å². The van der Waals surface area contributed by atoms with Gasteiger partial charge in [0.2, 0.25) is 0 Å². The standard InChI is InChI=1S/C14H12ClF7N2O/c15-9-1-3-10(4-2-9)23-5-7-24(8-6-23)11(25)12(16,17)13(18,19)14(20,21)22/h1-4H,5-8H2. The molecule has 0 radical (unpaired) electrons. The first kappa shape index (κ1) is 19.6. The summed E-state index contributed by atoms with van der Waals surface area (Å²) in [5.41, 5.74) is 0.656. The Bertz CT molecular complexity index is 625. The summed E-state index contributed by atoms with van der Waals surface area (Å²) in [5.74, 6) is -14.8. The van der Waals surface area contributed by atoms with Crippen molar-refractivity contribution in [2.75, 3.05) is 31.1 Å². The second-order valence-corrected chi connectivity index (χ2v) is 5.84. The summed E-state index contributed by atoms with van der Waals surface area (Å²) in [4.78, 5) is 13.5. The fourth-order valence-electron chi connectivity index (χ4n) is 2.33. The molecule has 1 amide bonds. The van der Waals surface area contributed by atoms with E-state index in [0.29, 0.717) is 15.6 Å². The lowest BCUT2D eigenvalue weighted by molar-refractivity contribution is -0.346. The van der Waals surface area contributed by atoms with Crippen molar-refractivity contribution in [2.24, 2.45) is 0 Å². The van der Waals surface area contributed by atoms with Gasteiger partial charge < -0.3 is 9.80 Å². The maximum atomic E-state index is 13.5. The highest BCUT2D eigenvalue weighted by Crippen LogP contribution is 2.47. The molecule has 0 N–H and O–H groups in total. The lowest BCUT2D eigenvalue weighted by Gasteiger charge is -2.38. The molecule has 1 saturated heterocycles. The normalized spacial score (nSPS) is 17.0. The van der Waals surface area contributed by atoms with Gasteiger partial charge in [0.1, 0.15) is 0 Å². The van der Waals surface area contributed by atoms with E-state index in [0.717, 1.165) is 0 Å². The van der Waals surface area contributed by atoms with Crippen molar-refractivity contribution < 1.29 is 35.5 Å². The van der Waals surface area contributed by atoms with Crippen molar-refractivity contribution in [1.82, 2.24) is 4.90 Å². The minimum Gasteiger partial charge on any atom is -0.368 e. The fourth-order valence-corrected chi connectivity index (χ4v) is 2.46. The van der Waals surface area contributed by atoms with Crippen molar-refractivity contribution in [3.63, 3.8) is 0 Å². The van der Waals surface area contributed by atoms with Crippen LogP contribution in [0.2, 0.25) is 5.02 Å². The van der Waals surface area contributed by atoms with E-state index in [1.165, 1.54) is 0 Å². The molecule has 0 bridgehead atoms. The Kier molecular flexibility index (Phi) is 5.13. The number of amides is 1. The number of carbonyl (C=O) groups excluding carboxylic acids is 1. The number of hydrogen-bond donors (Lipinski definition) is 0. The predicted molar refractivity (Wildman–Crippen MR) is 76.2 cm³/mol. The third kappa shape index (κ3) is 3.63. The first-order chi connectivity index (χ1) is 11.4. The molecule has 0 aromatic heterocycles. The molecule has 11 heteroatoms. The smallest absolute Gasteiger partial charge is 0.368 e. The van der Waals surface area contributed by atoms with Crippen molar-refractivity contribution in [3.05, 3.63) is 29.3 Å². The third-order valence-electron chi connectivity index (χ3n) is 3.78. The summed E-state index contributed by atoms with van der Waals surface area (Å²) >= 11 is 5.73. The number of rotatable bonds is 3. The summed E-state index contributed by atoms with van der Waals surface area (Å²) in [6.07, 6.45) is -6.53. The Morgan fingerprint density at radius 2 is 1.36 bits per heavy atom. The lowest BCUT2D eigenvalue weighted by atomic mass is 10.1. The van der Waals surface area contributed by atoms with Gasteiger partial charge in [-0.15, -0.1) is 0 Å². The molecule has 0 atom stereocenters. The van der Waals surface area contributed by atoms with Crippen molar-refractivity contribution in [3.8, 4) is 0 Å². The van der Waals surface area contributed by atoms with Crippen LogP contribution >= 0.6 is 11.6 Å². The molecule has 0 spiro atoms. The van der Waals surface area contributed by atoms with Crippen molar-refractivity contribution >= 4 is 23.2 Å². The topological polar surface area (TPSA) is 23.6 Å². The highest BCUT2D eigenvalue weighted by molar-refractivity contribution is 6.30. The molecule has 1 fully saturated rings. The fraction of sp³-hybridized carbons (Fsp3) is 0.500. The van der Waals surface area contributed by atoms with Crippen molar-refractivity contribution in [2.45, 2.75) is 18.0 Å². The maximum absolute atomic E-state index is 13.5. The Hall–Kier alpha value is -1.71. The molecule has 1 aromatic rings. The van der Waals surface area contributed by atoms with Crippen LogP contribution in [0.4, 0.5) is 36.4 Å². The summed E-state index contributed by atoms with van der Waals surface area (Å²) in [5, 5.41) is 0.464. The highest BCUT2D eigenvalue weighted by Gasteiger charge is 2.76. The zero-order chi connectivity index (χ0) is 19.0. The molecule has 1 aliphatic rings. The van der Waals surface area contributed by atoms with Crippen LogP contribution in [0, 0.1) is 0 Å². The molecule has 140 valence electrons. The van der Waals surface area contributed by atoms with Crippen LogP contribution in [0.15, 0.2) is 24.3 Å². The predicted octanol–water partition coefficient (Wildman–Crippen LogP) is 3.82. The molecule has 1 heterocycles.